The van der Waals surface area contributed by atoms with Crippen molar-refractivity contribution in [2.75, 3.05) is 39.4 Å². The van der Waals surface area contributed by atoms with E-state index in [1.54, 1.807) is 41.3 Å². The Morgan fingerprint density at radius 1 is 1.00 bits per heavy atom. The molecule has 0 bridgehead atoms. The van der Waals surface area contributed by atoms with Gasteiger partial charge >= 0.3 is 0 Å². The monoisotopic (exact) mass is 412 g/mol. The predicted octanol–water partition coefficient (Wildman–Crippen LogP) is 2.92. The fourth-order valence-corrected chi connectivity index (χ4v) is 3.78. The first-order valence-electron chi connectivity index (χ1n) is 9.81. The number of methoxy groups -OCH3 is 2. The van der Waals surface area contributed by atoms with E-state index in [1.165, 1.54) is 14.2 Å². The Bertz CT molecular complexity index is 930. The van der Waals surface area contributed by atoms with Gasteiger partial charge < -0.3 is 29.2 Å². The van der Waals surface area contributed by atoms with Crippen LogP contribution >= 0.6 is 0 Å². The molecular weight excluding hydrogens is 388 g/mol. The minimum atomic E-state index is -0.168. The molecule has 1 N–H and O–H groups in total. The summed E-state index contributed by atoms with van der Waals surface area (Å²) in [6.07, 6.45) is 1.17. The van der Waals surface area contributed by atoms with Crippen molar-refractivity contribution in [3.63, 3.8) is 0 Å². The van der Waals surface area contributed by atoms with Crippen LogP contribution in [-0.2, 0) is 4.79 Å². The van der Waals surface area contributed by atoms with Crippen LogP contribution < -0.4 is 24.3 Å². The predicted molar refractivity (Wildman–Crippen MR) is 109 cm³/mol. The number of fused-ring (bicyclic) bond motifs is 1. The number of hydrogen-bond donors (Lipinski definition) is 1. The molecule has 0 aromatic heterocycles. The Kier molecular flexibility index (Phi) is 5.65. The third-order valence-electron chi connectivity index (χ3n) is 5.43. The molecular formula is C22H24N2O6. The lowest BCUT2D eigenvalue weighted by Gasteiger charge is -2.32. The highest BCUT2D eigenvalue weighted by Crippen LogP contribution is 2.35. The lowest BCUT2D eigenvalue weighted by molar-refractivity contribution is -0.121. The normalized spacial score (nSPS) is 15.6. The number of nitrogens with one attached hydrogen (secondary N) is 1. The number of carbonyl (C=O) groups excluding carboxylic acids is 2. The number of anilines is 1. The Labute approximate surface area is 174 Å². The van der Waals surface area contributed by atoms with Crippen molar-refractivity contribution in [3.05, 3.63) is 42.0 Å². The van der Waals surface area contributed by atoms with Gasteiger partial charge in [0.25, 0.3) is 5.91 Å². The molecule has 2 amide bonds. The van der Waals surface area contributed by atoms with Crippen LogP contribution in [-0.4, -0.2) is 50.8 Å². The fraction of sp³-hybridized carbons (Fsp3) is 0.364. The van der Waals surface area contributed by atoms with Gasteiger partial charge in [0.2, 0.25) is 12.7 Å². The van der Waals surface area contributed by atoms with Crippen molar-refractivity contribution in [2.45, 2.75) is 12.8 Å². The first-order valence-corrected chi connectivity index (χ1v) is 9.81. The highest BCUT2D eigenvalue weighted by Gasteiger charge is 2.30. The molecule has 0 atom stereocenters. The summed E-state index contributed by atoms with van der Waals surface area (Å²) in [6, 6.07) is 10.6. The summed E-state index contributed by atoms with van der Waals surface area (Å²) in [5.74, 6) is 1.86. The molecule has 0 radical (unpaired) electrons. The van der Waals surface area contributed by atoms with Crippen molar-refractivity contribution in [2.24, 2.45) is 5.92 Å². The van der Waals surface area contributed by atoms with Crippen molar-refractivity contribution in [1.82, 2.24) is 4.90 Å². The zero-order valence-corrected chi connectivity index (χ0v) is 17.0. The van der Waals surface area contributed by atoms with E-state index in [9.17, 15) is 9.59 Å². The molecule has 8 heteroatoms. The van der Waals surface area contributed by atoms with Crippen LogP contribution in [0.2, 0.25) is 0 Å². The average molecular weight is 412 g/mol. The molecule has 2 aromatic rings. The van der Waals surface area contributed by atoms with Crippen LogP contribution in [0.1, 0.15) is 23.2 Å². The third kappa shape index (κ3) is 3.85. The highest BCUT2D eigenvalue weighted by atomic mass is 16.7. The molecule has 158 valence electrons. The topological polar surface area (TPSA) is 86.3 Å². The summed E-state index contributed by atoms with van der Waals surface area (Å²) in [5, 5.41) is 2.94. The van der Waals surface area contributed by atoms with E-state index in [2.05, 4.69) is 5.32 Å². The average Bonchev–Trinajstić information content (AvgIpc) is 3.26. The molecule has 1 saturated heterocycles. The number of hydrogen-bond acceptors (Lipinski definition) is 6. The van der Waals surface area contributed by atoms with Gasteiger partial charge in [0.05, 0.1) is 14.2 Å². The molecule has 8 nitrogen and oxygen atoms in total. The number of nitrogens with zero attached hydrogens (tertiary/aromatic N) is 1. The number of amides is 2. The lowest BCUT2D eigenvalue weighted by Crippen LogP contribution is -2.41. The van der Waals surface area contributed by atoms with Gasteiger partial charge in [0.1, 0.15) is 17.1 Å². The lowest BCUT2D eigenvalue weighted by atomic mass is 9.95. The van der Waals surface area contributed by atoms with Gasteiger partial charge in [-0.2, -0.15) is 0 Å². The minimum Gasteiger partial charge on any atom is -0.496 e. The number of ether oxygens (including phenoxy) is 4. The molecule has 2 aliphatic heterocycles. The largest absolute Gasteiger partial charge is 0.496 e. The molecule has 1 fully saturated rings. The summed E-state index contributed by atoms with van der Waals surface area (Å²) in [5.41, 5.74) is 1.08. The van der Waals surface area contributed by atoms with E-state index in [0.29, 0.717) is 60.2 Å². The summed E-state index contributed by atoms with van der Waals surface area (Å²) in [6.45, 7) is 1.16. The Balaban J connectivity index is 1.38. The van der Waals surface area contributed by atoms with Gasteiger partial charge in [-0.15, -0.1) is 0 Å². The summed E-state index contributed by atoms with van der Waals surface area (Å²) in [4.78, 5) is 27.5. The molecule has 2 aromatic carbocycles. The van der Waals surface area contributed by atoms with Crippen LogP contribution in [0.15, 0.2) is 36.4 Å². The van der Waals surface area contributed by atoms with Gasteiger partial charge in [-0.05, 0) is 37.1 Å². The van der Waals surface area contributed by atoms with Crippen molar-refractivity contribution >= 4 is 17.5 Å². The zero-order valence-electron chi connectivity index (χ0n) is 17.0. The molecule has 4 rings (SSSR count). The van der Waals surface area contributed by atoms with Crippen molar-refractivity contribution in [1.29, 1.82) is 0 Å². The van der Waals surface area contributed by atoms with E-state index < -0.39 is 0 Å². The minimum absolute atomic E-state index is 0.0594. The molecule has 30 heavy (non-hydrogen) atoms. The first kappa shape index (κ1) is 19.9. The molecule has 0 aliphatic carbocycles. The second-order valence-electron chi connectivity index (χ2n) is 7.16. The number of carbonyl (C=O) groups is 2. The third-order valence-corrected chi connectivity index (χ3v) is 5.43. The second-order valence-corrected chi connectivity index (χ2v) is 7.16. The Morgan fingerprint density at radius 3 is 2.33 bits per heavy atom. The first-order chi connectivity index (χ1) is 14.6. The molecule has 2 heterocycles. The SMILES string of the molecule is COc1cccc(OC)c1C(=O)N1CCC(C(=O)Nc2ccc3c(c2)OCO3)CC1. The smallest absolute Gasteiger partial charge is 0.261 e. The van der Waals surface area contributed by atoms with Gasteiger partial charge in [0, 0.05) is 30.8 Å². The van der Waals surface area contributed by atoms with E-state index in [4.69, 9.17) is 18.9 Å². The summed E-state index contributed by atoms with van der Waals surface area (Å²) >= 11 is 0. The second kappa shape index (κ2) is 8.52. The van der Waals surface area contributed by atoms with E-state index >= 15 is 0 Å². The van der Waals surface area contributed by atoms with Gasteiger partial charge in [-0.3, -0.25) is 9.59 Å². The van der Waals surface area contributed by atoms with Gasteiger partial charge in [-0.25, -0.2) is 0 Å². The number of benzene rings is 2. The standard InChI is InChI=1S/C22H24N2O6/c1-27-17-4-3-5-18(28-2)20(17)22(26)24-10-8-14(9-11-24)21(25)23-15-6-7-16-19(12-15)30-13-29-16/h3-7,12,14H,8-11,13H2,1-2H3,(H,23,25). The van der Waals surface area contributed by atoms with E-state index in [1.807, 2.05) is 0 Å². The molecule has 0 saturated carbocycles. The Hall–Kier alpha value is -3.42. The van der Waals surface area contributed by atoms with Crippen LogP contribution in [0, 0.1) is 5.92 Å². The van der Waals surface area contributed by atoms with E-state index in [-0.39, 0.29) is 24.5 Å². The quantitative estimate of drug-likeness (QED) is 0.813. The summed E-state index contributed by atoms with van der Waals surface area (Å²) in [7, 11) is 3.05. The van der Waals surface area contributed by atoms with Crippen LogP contribution in [0.4, 0.5) is 5.69 Å². The number of rotatable bonds is 5. The molecule has 2 aliphatic rings. The highest BCUT2D eigenvalue weighted by molar-refractivity contribution is 6.00. The van der Waals surface area contributed by atoms with E-state index in [0.717, 1.165) is 0 Å². The number of piperidine rings is 1. The van der Waals surface area contributed by atoms with Crippen LogP contribution in [0.5, 0.6) is 23.0 Å². The maximum Gasteiger partial charge on any atom is 0.261 e. The molecule has 0 unspecified atom stereocenters. The molecule has 0 spiro atoms. The van der Waals surface area contributed by atoms with Crippen molar-refractivity contribution in [3.8, 4) is 23.0 Å². The van der Waals surface area contributed by atoms with Crippen LogP contribution in [0.3, 0.4) is 0 Å². The van der Waals surface area contributed by atoms with Crippen molar-refractivity contribution < 1.29 is 28.5 Å². The maximum atomic E-state index is 13.1. The van der Waals surface area contributed by atoms with Gasteiger partial charge in [0.15, 0.2) is 11.5 Å². The fourth-order valence-electron chi connectivity index (χ4n) is 3.78. The zero-order chi connectivity index (χ0) is 21.1. The van der Waals surface area contributed by atoms with Crippen LogP contribution in [0.25, 0.3) is 0 Å². The maximum absolute atomic E-state index is 13.1. The number of likely N-dealkylation sites (tertiary alicyclic amines) is 1. The Morgan fingerprint density at radius 2 is 1.67 bits per heavy atom. The summed E-state index contributed by atoms with van der Waals surface area (Å²) < 4.78 is 21.3. The van der Waals surface area contributed by atoms with Gasteiger partial charge in [-0.1, -0.05) is 6.07 Å².